The number of ether oxygens (including phenoxy) is 2. The van der Waals surface area contributed by atoms with E-state index in [0.29, 0.717) is 13.2 Å². The number of hydrogen-bond donors (Lipinski definition) is 1. The molecule has 1 aliphatic rings. The van der Waals surface area contributed by atoms with Crippen LogP contribution >= 0.6 is 0 Å². The van der Waals surface area contributed by atoms with Gasteiger partial charge in [0.2, 0.25) is 0 Å². The molecule has 2 N–H and O–H groups in total. The number of nitrogens with zero attached hydrogens (tertiary/aromatic N) is 1. The minimum Gasteiger partial charge on any atom is -0.497 e. The average Bonchev–Trinajstić information content (AvgIpc) is 2.39. The molecule has 1 aromatic rings. The molecule has 0 bridgehead atoms. The highest BCUT2D eigenvalue weighted by atomic mass is 16.5. The van der Waals surface area contributed by atoms with Crippen molar-refractivity contribution < 1.29 is 14.3 Å². The van der Waals surface area contributed by atoms with Crippen LogP contribution in [0, 0.1) is 0 Å². The third kappa shape index (κ3) is 2.63. The van der Waals surface area contributed by atoms with Gasteiger partial charge in [0.25, 0.3) is 5.91 Å². The molecule has 1 atom stereocenters. The van der Waals surface area contributed by atoms with Gasteiger partial charge in [-0.2, -0.15) is 0 Å². The van der Waals surface area contributed by atoms with Crippen molar-refractivity contribution in [1.82, 2.24) is 0 Å². The number of morpholine rings is 1. The van der Waals surface area contributed by atoms with E-state index in [4.69, 9.17) is 15.2 Å². The average molecular weight is 250 g/mol. The van der Waals surface area contributed by atoms with E-state index >= 15 is 0 Å². The fourth-order valence-corrected chi connectivity index (χ4v) is 2.15. The van der Waals surface area contributed by atoms with Gasteiger partial charge >= 0.3 is 0 Å². The van der Waals surface area contributed by atoms with Gasteiger partial charge < -0.3 is 20.1 Å². The van der Waals surface area contributed by atoms with Crippen LogP contribution in [0.2, 0.25) is 0 Å². The maximum absolute atomic E-state index is 12.0. The highest BCUT2D eigenvalue weighted by Gasteiger charge is 2.29. The molecule has 5 heteroatoms. The predicted octanol–water partition coefficient (Wildman–Crippen LogP) is 0.776. The molecule has 1 aromatic carbocycles. The van der Waals surface area contributed by atoms with Crippen LogP contribution in [0.25, 0.3) is 0 Å². The SMILES string of the molecule is COc1cccc(N2C(=O)COCC2CCN)c1. The van der Waals surface area contributed by atoms with E-state index in [0.717, 1.165) is 17.9 Å². The van der Waals surface area contributed by atoms with E-state index in [-0.39, 0.29) is 18.6 Å². The molecule has 1 heterocycles. The number of rotatable bonds is 4. The molecular formula is C13H18N2O3. The van der Waals surface area contributed by atoms with Crippen molar-refractivity contribution in [2.45, 2.75) is 12.5 Å². The first-order chi connectivity index (χ1) is 8.76. The van der Waals surface area contributed by atoms with Crippen molar-refractivity contribution in [1.29, 1.82) is 0 Å². The highest BCUT2D eigenvalue weighted by molar-refractivity contribution is 5.95. The van der Waals surface area contributed by atoms with Crippen LogP contribution in [0.1, 0.15) is 6.42 Å². The van der Waals surface area contributed by atoms with E-state index in [2.05, 4.69) is 0 Å². The van der Waals surface area contributed by atoms with Crippen molar-refractivity contribution in [2.75, 3.05) is 31.8 Å². The summed E-state index contributed by atoms with van der Waals surface area (Å²) < 4.78 is 10.5. The second-order valence-electron chi connectivity index (χ2n) is 4.21. The molecule has 1 unspecified atom stereocenters. The number of hydrogen-bond acceptors (Lipinski definition) is 4. The smallest absolute Gasteiger partial charge is 0.253 e. The molecular weight excluding hydrogens is 232 g/mol. The number of methoxy groups -OCH3 is 1. The first-order valence-corrected chi connectivity index (χ1v) is 6.00. The lowest BCUT2D eigenvalue weighted by molar-refractivity contribution is -0.127. The zero-order valence-electron chi connectivity index (χ0n) is 10.5. The Bertz CT molecular complexity index is 420. The third-order valence-corrected chi connectivity index (χ3v) is 3.00. The van der Waals surface area contributed by atoms with Gasteiger partial charge in [-0.25, -0.2) is 0 Å². The molecule has 98 valence electrons. The first-order valence-electron chi connectivity index (χ1n) is 6.00. The van der Waals surface area contributed by atoms with Gasteiger partial charge in [-0.3, -0.25) is 4.79 Å². The lowest BCUT2D eigenvalue weighted by Gasteiger charge is -2.35. The molecule has 2 rings (SSSR count). The van der Waals surface area contributed by atoms with Crippen LogP contribution in [0.3, 0.4) is 0 Å². The number of carbonyl (C=O) groups is 1. The molecule has 18 heavy (non-hydrogen) atoms. The van der Waals surface area contributed by atoms with Crippen molar-refractivity contribution in [3.63, 3.8) is 0 Å². The van der Waals surface area contributed by atoms with Gasteiger partial charge in [0.1, 0.15) is 12.4 Å². The summed E-state index contributed by atoms with van der Waals surface area (Å²) in [7, 11) is 1.61. The Balaban J connectivity index is 2.27. The van der Waals surface area contributed by atoms with Crippen molar-refractivity contribution in [3.8, 4) is 5.75 Å². The number of carbonyl (C=O) groups excluding carboxylic acids is 1. The molecule has 0 spiro atoms. The zero-order valence-corrected chi connectivity index (χ0v) is 10.5. The molecule has 0 radical (unpaired) electrons. The van der Waals surface area contributed by atoms with Crippen LogP contribution in [0.5, 0.6) is 5.75 Å². The van der Waals surface area contributed by atoms with E-state index in [9.17, 15) is 4.79 Å². The van der Waals surface area contributed by atoms with Crippen LogP contribution in [0.15, 0.2) is 24.3 Å². The maximum atomic E-state index is 12.0. The summed E-state index contributed by atoms with van der Waals surface area (Å²) >= 11 is 0. The van der Waals surface area contributed by atoms with Crippen LogP contribution in [-0.2, 0) is 9.53 Å². The Kier molecular flexibility index (Phi) is 4.17. The largest absolute Gasteiger partial charge is 0.497 e. The van der Waals surface area contributed by atoms with Gasteiger partial charge in [0.05, 0.1) is 19.8 Å². The molecule has 0 aliphatic carbocycles. The second-order valence-corrected chi connectivity index (χ2v) is 4.21. The monoisotopic (exact) mass is 250 g/mol. The van der Waals surface area contributed by atoms with E-state index < -0.39 is 0 Å². The Morgan fingerprint density at radius 3 is 3.11 bits per heavy atom. The fourth-order valence-electron chi connectivity index (χ4n) is 2.15. The van der Waals surface area contributed by atoms with E-state index in [1.54, 1.807) is 12.0 Å². The fraction of sp³-hybridized carbons (Fsp3) is 0.462. The number of benzene rings is 1. The van der Waals surface area contributed by atoms with Crippen LogP contribution in [-0.4, -0.2) is 38.8 Å². The summed E-state index contributed by atoms with van der Waals surface area (Å²) in [4.78, 5) is 13.8. The predicted molar refractivity (Wildman–Crippen MR) is 68.8 cm³/mol. The normalized spacial score (nSPS) is 20.0. The molecule has 5 nitrogen and oxygen atoms in total. The summed E-state index contributed by atoms with van der Waals surface area (Å²) in [6, 6.07) is 7.48. The van der Waals surface area contributed by atoms with Crippen molar-refractivity contribution in [3.05, 3.63) is 24.3 Å². The van der Waals surface area contributed by atoms with E-state index in [1.807, 2.05) is 24.3 Å². The lowest BCUT2D eigenvalue weighted by atomic mass is 10.1. The minimum atomic E-state index is -0.0343. The molecule has 1 saturated heterocycles. The molecule has 1 fully saturated rings. The first kappa shape index (κ1) is 12.9. The minimum absolute atomic E-state index is 0.00311. The van der Waals surface area contributed by atoms with Gasteiger partial charge in [-0.15, -0.1) is 0 Å². The highest BCUT2D eigenvalue weighted by Crippen LogP contribution is 2.25. The molecule has 0 saturated carbocycles. The number of amides is 1. The Morgan fingerprint density at radius 1 is 1.56 bits per heavy atom. The second kappa shape index (κ2) is 5.84. The zero-order chi connectivity index (χ0) is 13.0. The van der Waals surface area contributed by atoms with E-state index in [1.165, 1.54) is 0 Å². The number of nitrogens with two attached hydrogens (primary N) is 1. The molecule has 1 aliphatic heterocycles. The summed E-state index contributed by atoms with van der Waals surface area (Å²) in [6.07, 6.45) is 0.725. The quantitative estimate of drug-likeness (QED) is 0.857. The summed E-state index contributed by atoms with van der Waals surface area (Å²) in [5.41, 5.74) is 6.42. The van der Waals surface area contributed by atoms with Gasteiger partial charge in [-0.1, -0.05) is 6.07 Å². The van der Waals surface area contributed by atoms with Gasteiger partial charge in [0.15, 0.2) is 0 Å². The molecule has 0 aromatic heterocycles. The maximum Gasteiger partial charge on any atom is 0.253 e. The van der Waals surface area contributed by atoms with Crippen molar-refractivity contribution in [2.24, 2.45) is 5.73 Å². The topological polar surface area (TPSA) is 64.8 Å². The van der Waals surface area contributed by atoms with Gasteiger partial charge in [0, 0.05) is 11.8 Å². The van der Waals surface area contributed by atoms with Crippen molar-refractivity contribution >= 4 is 11.6 Å². The third-order valence-electron chi connectivity index (χ3n) is 3.00. The Hall–Kier alpha value is -1.59. The lowest BCUT2D eigenvalue weighted by Crippen LogP contribution is -2.50. The summed E-state index contributed by atoms with van der Waals surface area (Å²) in [6.45, 7) is 1.18. The Morgan fingerprint density at radius 2 is 2.39 bits per heavy atom. The van der Waals surface area contributed by atoms with Gasteiger partial charge in [-0.05, 0) is 25.1 Å². The number of anilines is 1. The summed E-state index contributed by atoms with van der Waals surface area (Å²) in [5, 5.41) is 0. The Labute approximate surface area is 106 Å². The molecule has 1 amide bonds. The summed E-state index contributed by atoms with van der Waals surface area (Å²) in [5.74, 6) is 0.700. The van der Waals surface area contributed by atoms with Crippen LogP contribution < -0.4 is 15.4 Å². The van der Waals surface area contributed by atoms with Crippen LogP contribution in [0.4, 0.5) is 5.69 Å². The standard InChI is InChI=1S/C13H18N2O3/c1-17-12-4-2-3-10(7-12)15-11(5-6-14)8-18-9-13(15)16/h2-4,7,11H,5-6,8-9,14H2,1H3.